The molecule has 1 aromatic carbocycles. The molecule has 1 atom stereocenters. The molecule has 1 unspecified atom stereocenters. The van der Waals surface area contributed by atoms with Crippen LogP contribution in [-0.4, -0.2) is 25.5 Å². The molecule has 3 aromatic rings. The topological polar surface area (TPSA) is 85.9 Å². The summed E-state index contributed by atoms with van der Waals surface area (Å²) in [6, 6.07) is 11.8. The van der Waals surface area contributed by atoms with E-state index in [4.69, 9.17) is 0 Å². The van der Waals surface area contributed by atoms with Crippen molar-refractivity contribution in [3.05, 3.63) is 104 Å². The van der Waals surface area contributed by atoms with E-state index in [9.17, 15) is 9.59 Å². The maximum absolute atomic E-state index is 13.1. The molecule has 1 aliphatic carbocycles. The molecule has 0 spiro atoms. The van der Waals surface area contributed by atoms with Gasteiger partial charge in [0.05, 0.1) is 16.6 Å². The van der Waals surface area contributed by atoms with Crippen LogP contribution in [0.2, 0.25) is 0 Å². The minimum Gasteiger partial charge on any atom is -0.385 e. The first-order valence-corrected chi connectivity index (χ1v) is 11.9. The van der Waals surface area contributed by atoms with Crippen molar-refractivity contribution in [2.75, 3.05) is 11.9 Å². The first kappa shape index (κ1) is 24.1. The molecular weight excluding hydrogens is 440 g/mol. The highest BCUT2D eigenvalue weighted by Gasteiger charge is 2.11. The summed E-state index contributed by atoms with van der Waals surface area (Å²) in [6.45, 7) is 5.18. The Labute approximate surface area is 204 Å². The molecule has 0 fully saturated rings. The van der Waals surface area contributed by atoms with Gasteiger partial charge in [-0.1, -0.05) is 50.3 Å². The minimum atomic E-state index is -0.342. The van der Waals surface area contributed by atoms with Gasteiger partial charge in [0.15, 0.2) is 0 Å². The molecule has 0 aliphatic heterocycles. The molecule has 35 heavy (non-hydrogen) atoms. The third kappa shape index (κ3) is 5.71. The molecule has 2 aromatic heterocycles. The number of nitrogens with zero attached hydrogens (tertiary/aromatic N) is 4. The van der Waals surface area contributed by atoms with Crippen molar-refractivity contribution in [1.29, 1.82) is 0 Å². The smallest absolute Gasteiger partial charge is 0.331 e. The average Bonchev–Trinajstić information content (AvgIpc) is 3.40. The highest BCUT2D eigenvalue weighted by molar-refractivity contribution is 5.53. The highest BCUT2D eigenvalue weighted by atomic mass is 16.2. The number of hydrogen-bond donors (Lipinski definition) is 2. The van der Waals surface area contributed by atoms with Crippen molar-refractivity contribution < 1.29 is 0 Å². The Morgan fingerprint density at radius 2 is 1.94 bits per heavy atom. The van der Waals surface area contributed by atoms with Gasteiger partial charge in [-0.05, 0) is 36.1 Å². The molecule has 2 N–H and O–H groups in total. The van der Waals surface area contributed by atoms with Crippen molar-refractivity contribution in [3.8, 4) is 0 Å². The fourth-order valence-electron chi connectivity index (χ4n) is 4.05. The molecule has 0 bridgehead atoms. The maximum Gasteiger partial charge on any atom is 0.331 e. The van der Waals surface area contributed by atoms with Crippen molar-refractivity contribution in [2.45, 2.75) is 32.9 Å². The quantitative estimate of drug-likeness (QED) is 0.521. The van der Waals surface area contributed by atoms with E-state index in [-0.39, 0.29) is 23.2 Å². The Hall–Kier alpha value is -4.07. The van der Waals surface area contributed by atoms with Gasteiger partial charge in [-0.15, -0.1) is 0 Å². The molecule has 0 saturated carbocycles. The van der Waals surface area contributed by atoms with Crippen LogP contribution >= 0.6 is 0 Å². The number of para-hydroxylation sites is 1. The van der Waals surface area contributed by atoms with E-state index in [0.29, 0.717) is 23.7 Å². The zero-order valence-corrected chi connectivity index (χ0v) is 20.4. The van der Waals surface area contributed by atoms with E-state index in [2.05, 4.69) is 34.0 Å². The number of hydrogen-bond acceptors (Lipinski definition) is 5. The summed E-state index contributed by atoms with van der Waals surface area (Å²) in [6.07, 6.45) is 14.5. The van der Waals surface area contributed by atoms with E-state index >= 15 is 0 Å². The molecule has 182 valence electrons. The summed E-state index contributed by atoms with van der Waals surface area (Å²) in [5, 5.41) is 11.8. The van der Waals surface area contributed by atoms with Gasteiger partial charge >= 0.3 is 5.69 Å². The van der Waals surface area contributed by atoms with Gasteiger partial charge in [0.2, 0.25) is 0 Å². The molecule has 8 heteroatoms. The summed E-state index contributed by atoms with van der Waals surface area (Å²) < 4.78 is 4.77. The lowest BCUT2D eigenvalue weighted by Crippen LogP contribution is -2.58. The standard InChI is InChI=1S/C27H32N6O2/c1-20(2)19-32-25(18-28-16-21-10-12-23(13-11-21)33-15-7-14-30-33)24(26(34)31(3)27(32)35)17-29-22-8-5-4-6-9-22/h4-12,14-15,17-18,20,23,28-29H,13,16,19H2,1-3H3/b24-17-,25-18+. The van der Waals surface area contributed by atoms with Crippen LogP contribution in [0.25, 0.3) is 12.4 Å². The van der Waals surface area contributed by atoms with Crippen LogP contribution in [0, 0.1) is 5.92 Å². The third-order valence-corrected chi connectivity index (χ3v) is 5.89. The van der Waals surface area contributed by atoms with E-state index in [1.165, 1.54) is 11.6 Å². The summed E-state index contributed by atoms with van der Waals surface area (Å²) in [4.78, 5) is 26.1. The number of allylic oxidation sites excluding steroid dienone is 2. The molecule has 0 amide bonds. The van der Waals surface area contributed by atoms with Crippen LogP contribution in [0.15, 0.2) is 82.2 Å². The zero-order valence-electron chi connectivity index (χ0n) is 20.4. The molecule has 8 nitrogen and oxygen atoms in total. The number of aromatic nitrogens is 4. The minimum absolute atomic E-state index is 0.219. The Balaban J connectivity index is 1.66. The Morgan fingerprint density at radius 1 is 1.14 bits per heavy atom. The third-order valence-electron chi connectivity index (χ3n) is 5.89. The Bertz CT molecular complexity index is 1440. The van der Waals surface area contributed by atoms with Gasteiger partial charge in [0.25, 0.3) is 5.56 Å². The second-order valence-corrected chi connectivity index (χ2v) is 9.06. The van der Waals surface area contributed by atoms with Crippen molar-refractivity contribution in [1.82, 2.24) is 24.2 Å². The lowest BCUT2D eigenvalue weighted by molar-refractivity contribution is 0.474. The molecule has 0 saturated heterocycles. The van der Waals surface area contributed by atoms with E-state index in [1.807, 2.05) is 61.1 Å². The number of rotatable bonds is 8. The summed E-state index contributed by atoms with van der Waals surface area (Å²) in [5.74, 6) is 0.232. The molecule has 0 radical (unpaired) electrons. The van der Waals surface area contributed by atoms with Crippen LogP contribution in [0.4, 0.5) is 5.69 Å². The predicted octanol–water partition coefficient (Wildman–Crippen LogP) is 1.70. The Kier molecular flexibility index (Phi) is 7.50. The average molecular weight is 473 g/mol. The van der Waals surface area contributed by atoms with Crippen LogP contribution < -0.4 is 32.5 Å². The van der Waals surface area contributed by atoms with Crippen LogP contribution in [-0.2, 0) is 13.6 Å². The first-order chi connectivity index (χ1) is 16.9. The fourth-order valence-corrected chi connectivity index (χ4v) is 4.05. The zero-order chi connectivity index (χ0) is 24.8. The van der Waals surface area contributed by atoms with Crippen molar-refractivity contribution in [3.63, 3.8) is 0 Å². The normalized spacial score (nSPS) is 16.6. The van der Waals surface area contributed by atoms with E-state index < -0.39 is 0 Å². The van der Waals surface area contributed by atoms with Crippen LogP contribution in [0.5, 0.6) is 0 Å². The summed E-state index contributed by atoms with van der Waals surface area (Å²) in [5.41, 5.74) is 1.33. The first-order valence-electron chi connectivity index (χ1n) is 11.9. The highest BCUT2D eigenvalue weighted by Crippen LogP contribution is 2.19. The number of anilines is 1. The SMILES string of the molecule is CC(C)Cn1c(=O)n(C)c(=O)c(=C\Nc2ccccc2)/c1=C\NCC1=CCC(n2cccn2)C=C1. The Morgan fingerprint density at radius 3 is 2.60 bits per heavy atom. The lowest BCUT2D eigenvalue weighted by atomic mass is 10.0. The van der Waals surface area contributed by atoms with Crippen molar-refractivity contribution in [2.24, 2.45) is 13.0 Å². The van der Waals surface area contributed by atoms with Gasteiger partial charge in [0.1, 0.15) is 0 Å². The largest absolute Gasteiger partial charge is 0.385 e. The molecule has 1 aliphatic rings. The van der Waals surface area contributed by atoms with Gasteiger partial charge in [-0.2, -0.15) is 5.10 Å². The molecule has 2 heterocycles. The number of benzene rings is 1. The van der Waals surface area contributed by atoms with Gasteiger partial charge < -0.3 is 10.6 Å². The summed E-state index contributed by atoms with van der Waals surface area (Å²) >= 11 is 0. The van der Waals surface area contributed by atoms with Gasteiger partial charge in [-0.3, -0.25) is 18.6 Å². The molecular formula is C27H32N6O2. The molecule has 4 rings (SSSR count). The monoisotopic (exact) mass is 472 g/mol. The van der Waals surface area contributed by atoms with Gasteiger partial charge in [0, 0.05) is 50.6 Å². The van der Waals surface area contributed by atoms with Crippen LogP contribution in [0.3, 0.4) is 0 Å². The number of nitrogens with one attached hydrogen (secondary N) is 2. The van der Waals surface area contributed by atoms with Crippen LogP contribution in [0.1, 0.15) is 26.3 Å². The van der Waals surface area contributed by atoms with Gasteiger partial charge in [-0.25, -0.2) is 4.79 Å². The lowest BCUT2D eigenvalue weighted by Gasteiger charge is -2.17. The summed E-state index contributed by atoms with van der Waals surface area (Å²) in [7, 11) is 1.52. The second kappa shape index (κ2) is 10.9. The van der Waals surface area contributed by atoms with E-state index in [0.717, 1.165) is 17.7 Å². The maximum atomic E-state index is 13.1. The fraction of sp³-hybridized carbons (Fsp3) is 0.296. The van der Waals surface area contributed by atoms with E-state index in [1.54, 1.807) is 23.2 Å². The second-order valence-electron chi connectivity index (χ2n) is 9.06. The van der Waals surface area contributed by atoms with Crippen molar-refractivity contribution >= 4 is 18.1 Å². The predicted molar refractivity (Wildman–Crippen MR) is 140 cm³/mol.